The molecule has 2 rings (SSSR count). The van der Waals surface area contributed by atoms with Gasteiger partial charge in [0.05, 0.1) is 4.90 Å². The third kappa shape index (κ3) is 3.06. The van der Waals surface area contributed by atoms with Crippen LogP contribution in [0.1, 0.15) is 18.4 Å². The molecule has 21 heavy (non-hydrogen) atoms. The molecule has 1 atom stereocenters. The number of hydrogen-bond donors (Lipinski definition) is 2. The maximum atomic E-state index is 12.7. The third-order valence-electron chi connectivity index (χ3n) is 3.60. The van der Waals surface area contributed by atoms with Crippen molar-refractivity contribution < 1.29 is 13.2 Å². The Morgan fingerprint density at radius 1 is 1.52 bits per heavy atom. The standard InChI is InChI=1S/C13H18ClN3O3S/c1-16-13(18)12-3-2-6-17(12)21(19,20)10-5-4-9(8-15)11(14)7-10/h4-5,7,12H,2-3,6,8,15H2,1H3,(H,16,18). The van der Waals surface area contributed by atoms with Gasteiger partial charge in [-0.1, -0.05) is 17.7 Å². The molecular formula is C13H18ClN3O3S. The van der Waals surface area contributed by atoms with Crippen LogP contribution in [0.5, 0.6) is 0 Å². The van der Waals surface area contributed by atoms with Crippen molar-refractivity contribution in [1.29, 1.82) is 0 Å². The largest absolute Gasteiger partial charge is 0.358 e. The van der Waals surface area contributed by atoms with Gasteiger partial charge in [0.1, 0.15) is 6.04 Å². The Bertz CT molecular complexity index is 648. The molecule has 8 heteroatoms. The Morgan fingerprint density at radius 3 is 2.81 bits per heavy atom. The van der Waals surface area contributed by atoms with Gasteiger partial charge in [0.25, 0.3) is 0 Å². The van der Waals surface area contributed by atoms with Crippen LogP contribution in [0, 0.1) is 0 Å². The smallest absolute Gasteiger partial charge is 0.243 e. The fraction of sp³-hybridized carbons (Fsp3) is 0.462. The molecule has 1 fully saturated rings. The number of rotatable bonds is 4. The summed E-state index contributed by atoms with van der Waals surface area (Å²) < 4.78 is 26.6. The van der Waals surface area contributed by atoms with Crippen molar-refractivity contribution in [2.75, 3.05) is 13.6 Å². The number of amides is 1. The van der Waals surface area contributed by atoms with Crippen LogP contribution in [0.3, 0.4) is 0 Å². The first-order valence-electron chi connectivity index (χ1n) is 6.63. The highest BCUT2D eigenvalue weighted by molar-refractivity contribution is 7.89. The van der Waals surface area contributed by atoms with Crippen molar-refractivity contribution in [3.63, 3.8) is 0 Å². The second kappa shape index (κ2) is 6.31. The van der Waals surface area contributed by atoms with E-state index in [0.29, 0.717) is 30.0 Å². The zero-order valence-electron chi connectivity index (χ0n) is 11.7. The van der Waals surface area contributed by atoms with E-state index in [1.165, 1.54) is 23.5 Å². The first kappa shape index (κ1) is 16.2. The number of likely N-dealkylation sites (N-methyl/N-ethyl adjacent to an activating group) is 1. The van der Waals surface area contributed by atoms with Crippen LogP contribution < -0.4 is 11.1 Å². The van der Waals surface area contributed by atoms with E-state index in [2.05, 4.69) is 5.32 Å². The normalized spacial score (nSPS) is 19.7. The van der Waals surface area contributed by atoms with E-state index in [0.717, 1.165) is 0 Å². The van der Waals surface area contributed by atoms with Gasteiger partial charge in [0.2, 0.25) is 15.9 Å². The maximum absolute atomic E-state index is 12.7. The molecule has 3 N–H and O–H groups in total. The van der Waals surface area contributed by atoms with E-state index in [-0.39, 0.29) is 17.3 Å². The van der Waals surface area contributed by atoms with Crippen LogP contribution in [-0.2, 0) is 21.4 Å². The summed E-state index contributed by atoms with van der Waals surface area (Å²) in [5, 5.41) is 2.82. The van der Waals surface area contributed by atoms with Gasteiger partial charge in [-0.2, -0.15) is 4.31 Å². The zero-order chi connectivity index (χ0) is 15.6. The lowest BCUT2D eigenvalue weighted by Crippen LogP contribution is -2.44. The Hall–Kier alpha value is -1.15. The summed E-state index contributed by atoms with van der Waals surface area (Å²) in [5.41, 5.74) is 6.19. The Kier molecular flexibility index (Phi) is 4.88. The molecule has 0 aliphatic carbocycles. The maximum Gasteiger partial charge on any atom is 0.243 e. The van der Waals surface area contributed by atoms with Crippen LogP contribution in [0.4, 0.5) is 0 Å². The van der Waals surface area contributed by atoms with E-state index in [1.807, 2.05) is 0 Å². The monoisotopic (exact) mass is 331 g/mol. The third-order valence-corrected chi connectivity index (χ3v) is 5.86. The highest BCUT2D eigenvalue weighted by Crippen LogP contribution is 2.28. The minimum Gasteiger partial charge on any atom is -0.358 e. The second-order valence-electron chi connectivity index (χ2n) is 4.85. The molecule has 1 amide bonds. The molecule has 116 valence electrons. The molecule has 1 saturated heterocycles. The number of halogens is 1. The van der Waals surface area contributed by atoms with Crippen molar-refractivity contribution in [1.82, 2.24) is 9.62 Å². The Labute approximate surface area is 129 Å². The Morgan fingerprint density at radius 2 is 2.24 bits per heavy atom. The van der Waals surface area contributed by atoms with E-state index in [1.54, 1.807) is 6.07 Å². The van der Waals surface area contributed by atoms with Gasteiger partial charge >= 0.3 is 0 Å². The van der Waals surface area contributed by atoms with E-state index >= 15 is 0 Å². The highest BCUT2D eigenvalue weighted by atomic mass is 35.5. The lowest BCUT2D eigenvalue weighted by Gasteiger charge is -2.23. The summed E-state index contributed by atoms with van der Waals surface area (Å²) in [6.45, 7) is 0.570. The van der Waals surface area contributed by atoms with Crippen molar-refractivity contribution in [2.45, 2.75) is 30.3 Å². The number of benzene rings is 1. The van der Waals surface area contributed by atoms with Crippen LogP contribution in [0.2, 0.25) is 5.02 Å². The molecule has 0 spiro atoms. The second-order valence-corrected chi connectivity index (χ2v) is 7.14. The average molecular weight is 332 g/mol. The van der Waals surface area contributed by atoms with Crippen molar-refractivity contribution in [3.05, 3.63) is 28.8 Å². The molecule has 6 nitrogen and oxygen atoms in total. The summed E-state index contributed by atoms with van der Waals surface area (Å²) >= 11 is 6.03. The summed E-state index contributed by atoms with van der Waals surface area (Å²) in [6, 6.07) is 3.80. The summed E-state index contributed by atoms with van der Waals surface area (Å²) in [7, 11) is -2.24. The SMILES string of the molecule is CNC(=O)C1CCCN1S(=O)(=O)c1ccc(CN)c(Cl)c1. The average Bonchev–Trinajstić information content (AvgIpc) is 2.96. The molecule has 0 aromatic heterocycles. The fourth-order valence-electron chi connectivity index (χ4n) is 2.45. The van der Waals surface area contributed by atoms with E-state index in [4.69, 9.17) is 17.3 Å². The number of sulfonamides is 1. The first-order valence-corrected chi connectivity index (χ1v) is 8.45. The number of nitrogens with zero attached hydrogens (tertiary/aromatic N) is 1. The van der Waals surface area contributed by atoms with Crippen LogP contribution in [0.25, 0.3) is 0 Å². The molecule has 1 unspecified atom stereocenters. The van der Waals surface area contributed by atoms with Gasteiger partial charge in [-0.15, -0.1) is 0 Å². The van der Waals surface area contributed by atoms with Gasteiger partial charge < -0.3 is 11.1 Å². The first-order chi connectivity index (χ1) is 9.91. The van der Waals surface area contributed by atoms with Crippen LogP contribution in [-0.4, -0.2) is 38.3 Å². The minimum absolute atomic E-state index is 0.0838. The molecule has 1 aromatic carbocycles. The topological polar surface area (TPSA) is 92.5 Å². The summed E-state index contributed by atoms with van der Waals surface area (Å²) in [6.07, 6.45) is 1.18. The predicted molar refractivity (Wildman–Crippen MR) is 80.3 cm³/mol. The number of nitrogens with two attached hydrogens (primary N) is 1. The zero-order valence-corrected chi connectivity index (χ0v) is 13.2. The Balaban J connectivity index is 2.37. The van der Waals surface area contributed by atoms with Crippen molar-refractivity contribution in [3.8, 4) is 0 Å². The van der Waals surface area contributed by atoms with Gasteiger partial charge in [-0.05, 0) is 30.5 Å². The molecule has 1 aromatic rings. The minimum atomic E-state index is -3.74. The van der Waals surface area contributed by atoms with Gasteiger partial charge in [0.15, 0.2) is 0 Å². The summed E-state index contributed by atoms with van der Waals surface area (Å²) in [4.78, 5) is 11.9. The van der Waals surface area contributed by atoms with Crippen LogP contribution >= 0.6 is 11.6 Å². The van der Waals surface area contributed by atoms with Gasteiger partial charge in [0, 0.05) is 25.2 Å². The number of carbonyl (C=O) groups excluding carboxylic acids is 1. The van der Waals surface area contributed by atoms with E-state index in [9.17, 15) is 13.2 Å². The molecule has 1 aliphatic rings. The number of hydrogen-bond acceptors (Lipinski definition) is 4. The van der Waals surface area contributed by atoms with E-state index < -0.39 is 16.1 Å². The van der Waals surface area contributed by atoms with Gasteiger partial charge in [-0.25, -0.2) is 8.42 Å². The fourth-order valence-corrected chi connectivity index (χ4v) is 4.45. The molecule has 1 heterocycles. The quantitative estimate of drug-likeness (QED) is 0.849. The number of nitrogens with one attached hydrogen (secondary N) is 1. The van der Waals surface area contributed by atoms with Crippen molar-refractivity contribution >= 4 is 27.5 Å². The van der Waals surface area contributed by atoms with Gasteiger partial charge in [-0.3, -0.25) is 4.79 Å². The molecule has 0 radical (unpaired) electrons. The lowest BCUT2D eigenvalue weighted by molar-refractivity contribution is -0.123. The summed E-state index contributed by atoms with van der Waals surface area (Å²) in [5.74, 6) is -0.291. The molecular weight excluding hydrogens is 314 g/mol. The number of carbonyl (C=O) groups is 1. The highest BCUT2D eigenvalue weighted by Gasteiger charge is 2.39. The molecule has 0 saturated carbocycles. The van der Waals surface area contributed by atoms with Crippen molar-refractivity contribution in [2.24, 2.45) is 5.73 Å². The van der Waals surface area contributed by atoms with Crippen LogP contribution in [0.15, 0.2) is 23.1 Å². The molecule has 0 bridgehead atoms. The molecule has 1 aliphatic heterocycles. The lowest BCUT2D eigenvalue weighted by atomic mass is 10.2. The predicted octanol–water partition coefficient (Wildman–Crippen LogP) is 0.698.